The SMILES string of the molecule is COC(=O)CNCCN=[N+]=[N-]. The highest BCUT2D eigenvalue weighted by Gasteiger charge is 1.95. The van der Waals surface area contributed by atoms with Gasteiger partial charge in [-0.25, -0.2) is 0 Å². The molecule has 0 aliphatic rings. The van der Waals surface area contributed by atoms with Gasteiger partial charge in [0.15, 0.2) is 0 Å². The van der Waals surface area contributed by atoms with Crippen molar-refractivity contribution in [3.8, 4) is 0 Å². The molecular formula is C5H10N4O2. The molecule has 0 heterocycles. The zero-order chi connectivity index (χ0) is 8.53. The van der Waals surface area contributed by atoms with Gasteiger partial charge in [-0.05, 0) is 5.53 Å². The average molecular weight is 158 g/mol. The fraction of sp³-hybridized carbons (Fsp3) is 0.800. The van der Waals surface area contributed by atoms with Crippen LogP contribution in [-0.4, -0.2) is 32.7 Å². The molecule has 0 radical (unpaired) electrons. The van der Waals surface area contributed by atoms with E-state index in [1.54, 1.807) is 0 Å². The zero-order valence-electron chi connectivity index (χ0n) is 6.28. The Hall–Kier alpha value is -1.26. The van der Waals surface area contributed by atoms with Crippen molar-refractivity contribution in [3.05, 3.63) is 10.4 Å². The molecule has 0 saturated heterocycles. The largest absolute Gasteiger partial charge is 0.468 e. The first-order chi connectivity index (χ1) is 5.31. The molecular weight excluding hydrogens is 148 g/mol. The standard InChI is InChI=1S/C5H10N4O2/c1-11-5(10)4-7-2-3-8-9-6/h7H,2-4H2,1H3. The van der Waals surface area contributed by atoms with E-state index < -0.39 is 0 Å². The van der Waals surface area contributed by atoms with E-state index in [1.165, 1.54) is 7.11 Å². The van der Waals surface area contributed by atoms with E-state index >= 15 is 0 Å². The van der Waals surface area contributed by atoms with Gasteiger partial charge >= 0.3 is 5.97 Å². The van der Waals surface area contributed by atoms with Crippen LogP contribution >= 0.6 is 0 Å². The molecule has 0 aromatic heterocycles. The van der Waals surface area contributed by atoms with Gasteiger partial charge in [0.25, 0.3) is 0 Å². The number of hydrogen-bond acceptors (Lipinski definition) is 4. The number of carbonyl (C=O) groups is 1. The van der Waals surface area contributed by atoms with Crippen LogP contribution in [0.4, 0.5) is 0 Å². The summed E-state index contributed by atoms with van der Waals surface area (Å²) in [4.78, 5) is 13.0. The summed E-state index contributed by atoms with van der Waals surface area (Å²) in [5.74, 6) is -0.328. The van der Waals surface area contributed by atoms with Crippen molar-refractivity contribution in [2.75, 3.05) is 26.7 Å². The Morgan fingerprint density at radius 2 is 2.55 bits per heavy atom. The van der Waals surface area contributed by atoms with Gasteiger partial charge in [0.2, 0.25) is 0 Å². The normalized spacial score (nSPS) is 8.45. The monoisotopic (exact) mass is 158 g/mol. The van der Waals surface area contributed by atoms with Gasteiger partial charge in [0, 0.05) is 18.0 Å². The molecule has 0 fully saturated rings. The first-order valence-electron chi connectivity index (χ1n) is 3.09. The van der Waals surface area contributed by atoms with Crippen LogP contribution in [-0.2, 0) is 9.53 Å². The number of ether oxygens (including phenoxy) is 1. The Labute approximate surface area is 64.2 Å². The number of esters is 1. The van der Waals surface area contributed by atoms with Gasteiger partial charge in [0.05, 0.1) is 13.7 Å². The van der Waals surface area contributed by atoms with Crippen molar-refractivity contribution in [2.24, 2.45) is 5.11 Å². The average Bonchev–Trinajstić information content (AvgIpc) is 2.04. The smallest absolute Gasteiger partial charge is 0.319 e. The zero-order valence-corrected chi connectivity index (χ0v) is 6.28. The van der Waals surface area contributed by atoms with Crippen LogP contribution in [0.1, 0.15) is 0 Å². The molecule has 6 nitrogen and oxygen atoms in total. The second kappa shape index (κ2) is 6.85. The summed E-state index contributed by atoms with van der Waals surface area (Å²) >= 11 is 0. The quantitative estimate of drug-likeness (QED) is 0.202. The molecule has 0 bridgehead atoms. The summed E-state index contributed by atoms with van der Waals surface area (Å²) in [6.45, 7) is 0.976. The van der Waals surface area contributed by atoms with Crippen LogP contribution in [0.2, 0.25) is 0 Å². The summed E-state index contributed by atoms with van der Waals surface area (Å²) in [5, 5.41) is 5.99. The minimum absolute atomic E-state index is 0.150. The molecule has 0 unspecified atom stereocenters. The molecule has 0 rings (SSSR count). The number of nitrogens with zero attached hydrogens (tertiary/aromatic N) is 3. The number of azide groups is 1. The number of carbonyl (C=O) groups excluding carboxylic acids is 1. The fourth-order valence-electron chi connectivity index (χ4n) is 0.436. The van der Waals surface area contributed by atoms with E-state index in [2.05, 4.69) is 20.1 Å². The van der Waals surface area contributed by atoms with Crippen LogP contribution in [0.15, 0.2) is 5.11 Å². The Morgan fingerprint density at radius 3 is 3.09 bits per heavy atom. The molecule has 0 atom stereocenters. The number of rotatable bonds is 5. The molecule has 0 spiro atoms. The minimum atomic E-state index is -0.328. The second-order valence-electron chi connectivity index (χ2n) is 1.71. The van der Waals surface area contributed by atoms with Crippen molar-refractivity contribution in [1.82, 2.24) is 5.32 Å². The van der Waals surface area contributed by atoms with E-state index in [4.69, 9.17) is 5.53 Å². The molecule has 62 valence electrons. The third kappa shape index (κ3) is 6.63. The van der Waals surface area contributed by atoms with Crippen LogP contribution in [0, 0.1) is 0 Å². The maximum absolute atomic E-state index is 10.5. The van der Waals surface area contributed by atoms with Gasteiger partial charge in [-0.2, -0.15) is 0 Å². The van der Waals surface area contributed by atoms with Crippen molar-refractivity contribution >= 4 is 5.97 Å². The molecule has 0 aromatic carbocycles. The number of nitrogens with one attached hydrogen (secondary N) is 1. The molecule has 1 N–H and O–H groups in total. The number of hydrogen-bond donors (Lipinski definition) is 1. The van der Waals surface area contributed by atoms with Crippen LogP contribution in [0.5, 0.6) is 0 Å². The third-order valence-corrected chi connectivity index (χ3v) is 0.949. The van der Waals surface area contributed by atoms with Gasteiger partial charge in [0.1, 0.15) is 0 Å². The summed E-state index contributed by atoms with van der Waals surface area (Å²) in [6.07, 6.45) is 0. The predicted molar refractivity (Wildman–Crippen MR) is 38.9 cm³/mol. The van der Waals surface area contributed by atoms with Gasteiger partial charge in [-0.1, -0.05) is 5.11 Å². The van der Waals surface area contributed by atoms with Gasteiger partial charge < -0.3 is 10.1 Å². The van der Waals surface area contributed by atoms with E-state index in [1.807, 2.05) is 0 Å². The van der Waals surface area contributed by atoms with Crippen LogP contribution in [0.3, 0.4) is 0 Å². The lowest BCUT2D eigenvalue weighted by molar-refractivity contribution is -0.139. The van der Waals surface area contributed by atoms with E-state index in [9.17, 15) is 4.79 Å². The first-order valence-corrected chi connectivity index (χ1v) is 3.09. The lowest BCUT2D eigenvalue weighted by Crippen LogP contribution is -2.25. The second-order valence-corrected chi connectivity index (χ2v) is 1.71. The lowest BCUT2D eigenvalue weighted by atomic mass is 10.6. The van der Waals surface area contributed by atoms with E-state index in [0.717, 1.165) is 0 Å². The highest BCUT2D eigenvalue weighted by molar-refractivity contribution is 5.71. The molecule has 6 heteroatoms. The Balaban J connectivity index is 3.14. The Kier molecular flexibility index (Phi) is 6.07. The van der Waals surface area contributed by atoms with Crippen molar-refractivity contribution in [3.63, 3.8) is 0 Å². The predicted octanol–water partition coefficient (Wildman–Crippen LogP) is 0.0593. The Morgan fingerprint density at radius 1 is 1.82 bits per heavy atom. The van der Waals surface area contributed by atoms with Crippen molar-refractivity contribution in [2.45, 2.75) is 0 Å². The topological polar surface area (TPSA) is 87.1 Å². The first kappa shape index (κ1) is 9.74. The highest BCUT2D eigenvalue weighted by atomic mass is 16.5. The highest BCUT2D eigenvalue weighted by Crippen LogP contribution is 1.71. The number of methoxy groups -OCH3 is 1. The molecule has 0 aliphatic carbocycles. The third-order valence-electron chi connectivity index (χ3n) is 0.949. The van der Waals surface area contributed by atoms with Crippen LogP contribution in [0.25, 0.3) is 10.4 Å². The summed E-state index contributed by atoms with van der Waals surface area (Å²) in [6, 6.07) is 0. The Bertz CT molecular complexity index is 164. The van der Waals surface area contributed by atoms with Gasteiger partial charge in [-0.15, -0.1) is 0 Å². The summed E-state index contributed by atoms with van der Waals surface area (Å²) in [7, 11) is 1.32. The van der Waals surface area contributed by atoms with Crippen molar-refractivity contribution < 1.29 is 9.53 Å². The molecule has 0 aromatic rings. The lowest BCUT2D eigenvalue weighted by Gasteiger charge is -1.98. The van der Waals surface area contributed by atoms with Crippen LogP contribution < -0.4 is 5.32 Å². The molecule has 11 heavy (non-hydrogen) atoms. The minimum Gasteiger partial charge on any atom is -0.468 e. The molecule has 0 saturated carbocycles. The summed E-state index contributed by atoms with van der Waals surface area (Å²) < 4.78 is 4.35. The van der Waals surface area contributed by atoms with E-state index in [0.29, 0.717) is 13.1 Å². The molecule has 0 amide bonds. The summed E-state index contributed by atoms with van der Waals surface area (Å²) in [5.41, 5.74) is 7.86. The van der Waals surface area contributed by atoms with Gasteiger partial charge in [-0.3, -0.25) is 4.79 Å². The fourth-order valence-corrected chi connectivity index (χ4v) is 0.436. The van der Waals surface area contributed by atoms with Crippen molar-refractivity contribution in [1.29, 1.82) is 0 Å². The maximum atomic E-state index is 10.5. The maximum Gasteiger partial charge on any atom is 0.319 e. The molecule has 0 aliphatic heterocycles. The van der Waals surface area contributed by atoms with E-state index in [-0.39, 0.29) is 12.5 Å².